The van der Waals surface area contributed by atoms with Crippen LogP contribution in [0, 0.1) is 18.8 Å². The first kappa shape index (κ1) is 15.3. The van der Waals surface area contributed by atoms with Crippen molar-refractivity contribution in [1.29, 1.82) is 0 Å². The van der Waals surface area contributed by atoms with Gasteiger partial charge in [-0.15, -0.1) is 0 Å². The molecule has 2 aromatic rings. The molecule has 1 fully saturated rings. The molecular weight excluding hydrogens is 298 g/mol. The first-order chi connectivity index (χ1) is 10.9. The van der Waals surface area contributed by atoms with E-state index in [-0.39, 0.29) is 18.0 Å². The minimum Gasteiger partial charge on any atom is -0.481 e. The quantitative estimate of drug-likeness (QED) is 0.855. The molecule has 1 aromatic heterocycles. The topological polar surface area (TPSA) is 87.8 Å². The molecule has 2 heterocycles. The number of likely N-dealkylation sites (tertiary alicyclic amines) is 1. The molecule has 1 aliphatic rings. The molecule has 6 heteroatoms. The molecule has 1 aliphatic heterocycles. The van der Waals surface area contributed by atoms with Crippen molar-refractivity contribution in [2.75, 3.05) is 13.1 Å². The normalized spacial score (nSPS) is 20.9. The number of carbonyl (C=O) groups is 2. The molecule has 0 bridgehead atoms. The van der Waals surface area contributed by atoms with Gasteiger partial charge in [-0.25, -0.2) is 4.79 Å². The smallest absolute Gasteiger partial charge is 0.349 e. The number of fused-ring (bicyclic) bond motifs is 1. The molecule has 0 radical (unpaired) electrons. The Balaban J connectivity index is 2.02. The first-order valence-corrected chi connectivity index (χ1v) is 7.44. The van der Waals surface area contributed by atoms with Crippen LogP contribution in [-0.4, -0.2) is 35.0 Å². The Morgan fingerprint density at radius 2 is 1.96 bits per heavy atom. The Morgan fingerprint density at radius 3 is 2.61 bits per heavy atom. The lowest BCUT2D eigenvalue weighted by molar-refractivity contribution is -0.142. The second kappa shape index (κ2) is 5.53. The minimum atomic E-state index is -0.921. The molecule has 1 N–H and O–H groups in total. The van der Waals surface area contributed by atoms with E-state index in [9.17, 15) is 19.5 Å². The number of carboxylic acid groups (broad SMARTS) is 1. The highest BCUT2D eigenvalue weighted by molar-refractivity contribution is 5.99. The van der Waals surface area contributed by atoms with Crippen molar-refractivity contribution in [2.24, 2.45) is 11.8 Å². The number of hydrogen-bond acceptors (Lipinski definition) is 4. The van der Waals surface area contributed by atoms with Gasteiger partial charge < -0.3 is 14.4 Å². The van der Waals surface area contributed by atoms with Gasteiger partial charge in [-0.05, 0) is 24.5 Å². The number of para-hydroxylation sites is 1. The van der Waals surface area contributed by atoms with Gasteiger partial charge in [0.15, 0.2) is 0 Å². The number of benzene rings is 1. The summed E-state index contributed by atoms with van der Waals surface area (Å²) in [5, 5.41) is 9.89. The van der Waals surface area contributed by atoms with Gasteiger partial charge in [0.1, 0.15) is 11.1 Å². The number of aliphatic carboxylic acids is 1. The van der Waals surface area contributed by atoms with Gasteiger partial charge in [0.05, 0.1) is 5.92 Å². The molecular formula is C17H17NO5. The summed E-state index contributed by atoms with van der Waals surface area (Å²) >= 11 is 0. The third-order valence-electron chi connectivity index (χ3n) is 4.50. The molecule has 0 saturated carbocycles. The molecule has 0 unspecified atom stereocenters. The second-order valence-corrected chi connectivity index (χ2v) is 6.02. The molecule has 0 aliphatic carbocycles. The summed E-state index contributed by atoms with van der Waals surface area (Å²) in [6.07, 6.45) is 0. The fraction of sp³-hybridized carbons (Fsp3) is 0.353. The molecule has 3 rings (SSSR count). The molecule has 120 valence electrons. The summed E-state index contributed by atoms with van der Waals surface area (Å²) in [7, 11) is 0. The lowest BCUT2D eigenvalue weighted by Gasteiger charge is -2.17. The van der Waals surface area contributed by atoms with Gasteiger partial charge in [0.25, 0.3) is 5.91 Å². The van der Waals surface area contributed by atoms with Crippen LogP contribution < -0.4 is 5.63 Å². The van der Waals surface area contributed by atoms with Crippen LogP contribution in [0.2, 0.25) is 0 Å². The second-order valence-electron chi connectivity index (χ2n) is 6.02. The Kier molecular flexibility index (Phi) is 3.67. The van der Waals surface area contributed by atoms with Crippen LogP contribution in [0.25, 0.3) is 11.0 Å². The van der Waals surface area contributed by atoms with E-state index in [2.05, 4.69) is 0 Å². The third kappa shape index (κ3) is 2.50. The van der Waals surface area contributed by atoms with Gasteiger partial charge in [-0.3, -0.25) is 9.59 Å². The number of hydrogen-bond donors (Lipinski definition) is 1. The summed E-state index contributed by atoms with van der Waals surface area (Å²) in [5.41, 5.74) is 0.303. The highest BCUT2D eigenvalue weighted by atomic mass is 16.4. The number of carbonyl (C=O) groups excluding carboxylic acids is 1. The Bertz CT molecular complexity index is 854. The van der Waals surface area contributed by atoms with Gasteiger partial charge >= 0.3 is 11.6 Å². The molecule has 1 amide bonds. The van der Waals surface area contributed by atoms with Crippen molar-refractivity contribution in [2.45, 2.75) is 13.8 Å². The average molecular weight is 315 g/mol. The SMILES string of the molecule is Cc1c(C(=O)N2C[C@@H](C)[C@H](C(=O)O)C2)c(=O)oc2ccccc12. The van der Waals surface area contributed by atoms with Crippen molar-refractivity contribution in [3.8, 4) is 0 Å². The fourth-order valence-corrected chi connectivity index (χ4v) is 3.16. The largest absolute Gasteiger partial charge is 0.481 e. The average Bonchev–Trinajstić information content (AvgIpc) is 2.89. The molecule has 2 atom stereocenters. The predicted molar refractivity (Wildman–Crippen MR) is 83.4 cm³/mol. The molecule has 23 heavy (non-hydrogen) atoms. The Labute approximate surface area is 132 Å². The van der Waals surface area contributed by atoms with Crippen molar-refractivity contribution < 1.29 is 19.1 Å². The molecule has 1 saturated heterocycles. The van der Waals surface area contributed by atoms with E-state index >= 15 is 0 Å². The standard InChI is InChI=1S/C17H17NO5/c1-9-7-18(8-12(9)16(20)21)15(19)14-10(2)11-5-3-4-6-13(11)23-17(14)22/h3-6,9,12H,7-8H2,1-2H3,(H,20,21)/t9-,12-/m1/s1. The number of rotatable bonds is 2. The van der Waals surface area contributed by atoms with Crippen molar-refractivity contribution in [3.05, 3.63) is 45.8 Å². The minimum absolute atomic E-state index is 0.0121. The maximum Gasteiger partial charge on any atom is 0.349 e. The summed E-state index contributed by atoms with van der Waals surface area (Å²) in [5.74, 6) is -2.14. The van der Waals surface area contributed by atoms with Crippen LogP contribution in [0.15, 0.2) is 33.5 Å². The lowest BCUT2D eigenvalue weighted by Crippen LogP contribution is -2.34. The van der Waals surface area contributed by atoms with E-state index in [0.717, 1.165) is 0 Å². The maximum absolute atomic E-state index is 12.7. The van der Waals surface area contributed by atoms with Crippen LogP contribution >= 0.6 is 0 Å². The summed E-state index contributed by atoms with van der Waals surface area (Å²) in [6, 6.07) is 7.03. The Hall–Kier alpha value is -2.63. The van der Waals surface area contributed by atoms with E-state index < -0.39 is 23.4 Å². The van der Waals surface area contributed by atoms with Gasteiger partial charge in [0.2, 0.25) is 0 Å². The monoisotopic (exact) mass is 315 g/mol. The van der Waals surface area contributed by atoms with E-state index in [1.54, 1.807) is 32.0 Å². The zero-order valence-corrected chi connectivity index (χ0v) is 12.9. The number of aryl methyl sites for hydroxylation is 1. The van der Waals surface area contributed by atoms with Crippen LogP contribution in [0.3, 0.4) is 0 Å². The lowest BCUT2D eigenvalue weighted by atomic mass is 9.99. The van der Waals surface area contributed by atoms with E-state index in [4.69, 9.17) is 4.42 Å². The van der Waals surface area contributed by atoms with Crippen LogP contribution in [-0.2, 0) is 4.79 Å². The predicted octanol–water partition coefficient (Wildman–Crippen LogP) is 1.89. The van der Waals surface area contributed by atoms with Gasteiger partial charge in [0, 0.05) is 18.5 Å². The highest BCUT2D eigenvalue weighted by Crippen LogP contribution is 2.26. The van der Waals surface area contributed by atoms with E-state index in [0.29, 0.717) is 23.1 Å². The van der Waals surface area contributed by atoms with Crippen molar-refractivity contribution >= 4 is 22.8 Å². The molecule has 1 aromatic carbocycles. The van der Waals surface area contributed by atoms with Crippen LogP contribution in [0.4, 0.5) is 0 Å². The van der Waals surface area contributed by atoms with Crippen molar-refractivity contribution in [1.82, 2.24) is 4.90 Å². The highest BCUT2D eigenvalue weighted by Gasteiger charge is 2.38. The maximum atomic E-state index is 12.7. The Morgan fingerprint density at radius 1 is 1.26 bits per heavy atom. The van der Waals surface area contributed by atoms with Crippen molar-refractivity contribution in [3.63, 3.8) is 0 Å². The van der Waals surface area contributed by atoms with Crippen LogP contribution in [0.5, 0.6) is 0 Å². The fourth-order valence-electron chi connectivity index (χ4n) is 3.16. The summed E-state index contributed by atoms with van der Waals surface area (Å²) in [6.45, 7) is 3.94. The molecule has 6 nitrogen and oxygen atoms in total. The number of nitrogens with zero attached hydrogens (tertiary/aromatic N) is 1. The van der Waals surface area contributed by atoms with E-state index in [1.807, 2.05) is 6.07 Å². The first-order valence-electron chi connectivity index (χ1n) is 7.44. The summed E-state index contributed by atoms with van der Waals surface area (Å²) in [4.78, 5) is 37.6. The number of carboxylic acids is 1. The van der Waals surface area contributed by atoms with Gasteiger partial charge in [-0.1, -0.05) is 25.1 Å². The van der Waals surface area contributed by atoms with Crippen LogP contribution in [0.1, 0.15) is 22.8 Å². The summed E-state index contributed by atoms with van der Waals surface area (Å²) < 4.78 is 5.24. The van der Waals surface area contributed by atoms with E-state index in [1.165, 1.54) is 4.90 Å². The van der Waals surface area contributed by atoms with Gasteiger partial charge in [-0.2, -0.15) is 0 Å². The zero-order chi connectivity index (χ0) is 16.7. The zero-order valence-electron chi connectivity index (χ0n) is 12.9. The third-order valence-corrected chi connectivity index (χ3v) is 4.50. The number of amides is 1. The molecule has 0 spiro atoms.